The number of aryl methyl sites for hydroxylation is 1. The summed E-state index contributed by atoms with van der Waals surface area (Å²) < 4.78 is 24.7. The van der Waals surface area contributed by atoms with E-state index in [1.165, 1.54) is 0 Å². The molecule has 27 heavy (non-hydrogen) atoms. The van der Waals surface area contributed by atoms with Crippen LogP contribution >= 0.6 is 0 Å². The number of rotatable bonds is 8. The predicted octanol–water partition coefficient (Wildman–Crippen LogP) is 4.03. The van der Waals surface area contributed by atoms with Crippen LogP contribution in [0.5, 0.6) is 0 Å². The van der Waals surface area contributed by atoms with Crippen molar-refractivity contribution in [3.63, 3.8) is 0 Å². The second-order valence-electron chi connectivity index (χ2n) is 6.86. The largest absolute Gasteiger partial charge is 0.369 e. The first-order valence-corrected chi connectivity index (χ1v) is 10.8. The molecule has 2 aromatic rings. The zero-order chi connectivity index (χ0) is 20.0. The van der Waals surface area contributed by atoms with Crippen molar-refractivity contribution in [2.45, 2.75) is 45.1 Å². The number of hydrogen-bond acceptors (Lipinski definition) is 4. The molecule has 0 fully saturated rings. The molecule has 0 spiro atoms. The molecule has 2 rings (SSSR count). The number of carbonyl (C=O) groups excluding carboxylic acids is 1. The normalized spacial score (nSPS) is 11.4. The smallest absolute Gasteiger partial charge is 0.225 e. The second-order valence-corrected chi connectivity index (χ2v) is 8.97. The van der Waals surface area contributed by atoms with Crippen molar-refractivity contribution in [3.8, 4) is 0 Å². The van der Waals surface area contributed by atoms with E-state index in [0.717, 1.165) is 17.8 Å². The lowest BCUT2D eigenvalue weighted by Crippen LogP contribution is -2.30. The highest BCUT2D eigenvalue weighted by Gasteiger charge is 2.16. The molecular weight excluding hydrogens is 360 g/mol. The second kappa shape index (κ2) is 9.04. The first kappa shape index (κ1) is 21.0. The maximum absolute atomic E-state index is 12.3. The van der Waals surface area contributed by atoms with Crippen molar-refractivity contribution in [3.05, 3.63) is 54.1 Å². The highest BCUT2D eigenvalue weighted by Crippen LogP contribution is 2.20. The zero-order valence-corrected chi connectivity index (χ0v) is 17.2. The van der Waals surface area contributed by atoms with Gasteiger partial charge < -0.3 is 10.2 Å². The lowest BCUT2D eigenvalue weighted by Gasteiger charge is -2.27. The molecule has 0 unspecified atom stereocenters. The van der Waals surface area contributed by atoms with Gasteiger partial charge in [-0.05, 0) is 64.1 Å². The van der Waals surface area contributed by atoms with Crippen LogP contribution in [0.4, 0.5) is 11.4 Å². The van der Waals surface area contributed by atoms with Gasteiger partial charge in [0.2, 0.25) is 5.91 Å². The minimum absolute atomic E-state index is 0.0783. The summed E-state index contributed by atoms with van der Waals surface area (Å²) in [6.45, 7) is 9.17. The molecule has 0 aliphatic rings. The summed E-state index contributed by atoms with van der Waals surface area (Å²) in [6.07, 6.45) is -0.0783. The van der Waals surface area contributed by atoms with Crippen LogP contribution in [0.25, 0.3) is 0 Å². The number of carbonyl (C=O) groups is 1. The molecule has 0 aliphatic carbocycles. The fourth-order valence-electron chi connectivity index (χ4n) is 2.90. The Morgan fingerprint density at radius 3 is 2.15 bits per heavy atom. The molecule has 1 amide bonds. The van der Waals surface area contributed by atoms with Gasteiger partial charge in [-0.2, -0.15) is 0 Å². The first-order valence-electron chi connectivity index (χ1n) is 9.19. The van der Waals surface area contributed by atoms with Crippen LogP contribution in [-0.2, 0) is 14.6 Å². The fraction of sp³-hybridized carbons (Fsp3) is 0.381. The molecule has 5 nitrogen and oxygen atoms in total. The Morgan fingerprint density at radius 1 is 1.04 bits per heavy atom. The lowest BCUT2D eigenvalue weighted by atomic mass is 10.2. The van der Waals surface area contributed by atoms with Crippen molar-refractivity contribution in [2.24, 2.45) is 0 Å². The number of nitrogens with one attached hydrogen (secondary N) is 1. The minimum Gasteiger partial charge on any atom is -0.369 e. The highest BCUT2D eigenvalue weighted by atomic mass is 32.2. The fourth-order valence-corrected chi connectivity index (χ4v) is 4.14. The van der Waals surface area contributed by atoms with Crippen molar-refractivity contribution in [1.82, 2.24) is 0 Å². The molecule has 0 aromatic heterocycles. The van der Waals surface area contributed by atoms with Crippen molar-refractivity contribution in [2.75, 3.05) is 22.5 Å². The summed E-state index contributed by atoms with van der Waals surface area (Å²) in [4.78, 5) is 14.6. The Morgan fingerprint density at radius 2 is 1.63 bits per heavy atom. The topological polar surface area (TPSA) is 66.5 Å². The standard InChI is InChI=1S/C21H28N2O3S/c1-5-23(16(2)3)19-10-8-18(9-11-19)22-21(24)14-15-27(25,26)20-12-6-17(4)7-13-20/h6-13,16H,5,14-15H2,1-4H3,(H,22,24). The summed E-state index contributed by atoms with van der Waals surface area (Å²) in [7, 11) is -3.46. The Labute approximate surface area is 162 Å². The number of sulfone groups is 1. The minimum atomic E-state index is -3.46. The monoisotopic (exact) mass is 388 g/mol. The molecule has 0 radical (unpaired) electrons. The summed E-state index contributed by atoms with van der Waals surface area (Å²) in [6, 6.07) is 14.7. The average molecular weight is 389 g/mol. The number of nitrogens with zero attached hydrogens (tertiary/aromatic N) is 1. The maximum Gasteiger partial charge on any atom is 0.225 e. The van der Waals surface area contributed by atoms with Gasteiger partial charge in [0.15, 0.2) is 9.84 Å². The van der Waals surface area contributed by atoms with Gasteiger partial charge in [-0.1, -0.05) is 17.7 Å². The molecule has 0 heterocycles. The number of benzene rings is 2. The third-order valence-corrected chi connectivity index (χ3v) is 6.16. The van der Waals surface area contributed by atoms with Crippen molar-refractivity contribution in [1.29, 1.82) is 0 Å². The van der Waals surface area contributed by atoms with Gasteiger partial charge >= 0.3 is 0 Å². The van der Waals surface area contributed by atoms with E-state index >= 15 is 0 Å². The molecule has 0 bridgehead atoms. The van der Waals surface area contributed by atoms with Gasteiger partial charge in [0.1, 0.15) is 0 Å². The molecular formula is C21H28N2O3S. The van der Waals surface area contributed by atoms with Crippen LogP contribution in [0, 0.1) is 6.92 Å². The third kappa shape index (κ3) is 5.82. The predicted molar refractivity (Wildman–Crippen MR) is 111 cm³/mol. The molecule has 0 saturated heterocycles. The van der Waals surface area contributed by atoms with Crippen LogP contribution in [0.2, 0.25) is 0 Å². The lowest BCUT2D eigenvalue weighted by molar-refractivity contribution is -0.115. The van der Waals surface area contributed by atoms with Crippen LogP contribution in [-0.4, -0.2) is 32.7 Å². The summed E-state index contributed by atoms with van der Waals surface area (Å²) in [5.41, 5.74) is 2.75. The van der Waals surface area contributed by atoms with Crippen LogP contribution in [0.3, 0.4) is 0 Å². The number of amides is 1. The van der Waals surface area contributed by atoms with E-state index in [1.54, 1.807) is 24.3 Å². The average Bonchev–Trinajstić information content (AvgIpc) is 2.62. The number of hydrogen-bond donors (Lipinski definition) is 1. The van der Waals surface area contributed by atoms with Crippen LogP contribution < -0.4 is 10.2 Å². The highest BCUT2D eigenvalue weighted by molar-refractivity contribution is 7.91. The summed E-state index contributed by atoms with van der Waals surface area (Å²) in [5, 5.41) is 2.77. The van der Waals surface area contributed by atoms with E-state index in [2.05, 4.69) is 31.0 Å². The Bertz CT molecular complexity index is 857. The maximum atomic E-state index is 12.3. The Hall–Kier alpha value is -2.34. The van der Waals surface area contributed by atoms with Gasteiger partial charge in [0.25, 0.3) is 0 Å². The van der Waals surface area contributed by atoms with Gasteiger partial charge in [-0.3, -0.25) is 4.79 Å². The van der Waals surface area contributed by atoms with E-state index in [4.69, 9.17) is 0 Å². The number of anilines is 2. The molecule has 0 aliphatic heterocycles. The molecule has 0 saturated carbocycles. The molecule has 2 aromatic carbocycles. The van der Waals surface area contributed by atoms with Crippen molar-refractivity contribution >= 4 is 27.1 Å². The van der Waals surface area contributed by atoms with E-state index in [0.29, 0.717) is 11.7 Å². The van der Waals surface area contributed by atoms with Crippen molar-refractivity contribution < 1.29 is 13.2 Å². The van der Waals surface area contributed by atoms with E-state index in [1.807, 2.05) is 31.2 Å². The van der Waals surface area contributed by atoms with Gasteiger partial charge in [-0.25, -0.2) is 8.42 Å². The van der Waals surface area contributed by atoms with Gasteiger partial charge in [0.05, 0.1) is 10.6 Å². The van der Waals surface area contributed by atoms with Gasteiger partial charge in [0, 0.05) is 30.4 Å². The van der Waals surface area contributed by atoms with Gasteiger partial charge in [-0.15, -0.1) is 0 Å². The van der Waals surface area contributed by atoms with E-state index < -0.39 is 9.84 Å². The van der Waals surface area contributed by atoms with Crippen LogP contribution in [0.15, 0.2) is 53.4 Å². The summed E-state index contributed by atoms with van der Waals surface area (Å²) >= 11 is 0. The zero-order valence-electron chi connectivity index (χ0n) is 16.4. The quantitative estimate of drug-likeness (QED) is 0.741. The molecule has 0 atom stereocenters. The Kier molecular flexibility index (Phi) is 7.02. The third-order valence-electron chi connectivity index (χ3n) is 4.42. The first-order chi connectivity index (χ1) is 12.7. The van der Waals surface area contributed by atoms with E-state index in [-0.39, 0.29) is 23.0 Å². The van der Waals surface area contributed by atoms with E-state index in [9.17, 15) is 13.2 Å². The SMILES string of the molecule is CCN(c1ccc(NC(=O)CCS(=O)(=O)c2ccc(C)cc2)cc1)C(C)C. The molecule has 1 N–H and O–H groups in total. The van der Waals surface area contributed by atoms with Crippen LogP contribution in [0.1, 0.15) is 32.8 Å². The molecule has 146 valence electrons. The molecule has 6 heteroatoms. The summed E-state index contributed by atoms with van der Waals surface area (Å²) in [5.74, 6) is -0.522. The Balaban J connectivity index is 1.94.